The van der Waals surface area contributed by atoms with E-state index in [1.807, 2.05) is 18.2 Å². The molecule has 0 saturated carbocycles. The SMILES string of the molecule is NS(=O)(=O)c1cnc(N2CCCC(c3ccccn3)C2)nc1. The largest absolute Gasteiger partial charge is 0.340 e. The maximum Gasteiger partial charge on any atom is 0.241 e. The highest BCUT2D eigenvalue weighted by atomic mass is 32.2. The lowest BCUT2D eigenvalue weighted by Gasteiger charge is -2.32. The first-order chi connectivity index (χ1) is 10.5. The average Bonchev–Trinajstić information content (AvgIpc) is 2.55. The summed E-state index contributed by atoms with van der Waals surface area (Å²) in [5, 5.41) is 5.05. The molecule has 7 nitrogen and oxygen atoms in total. The molecule has 22 heavy (non-hydrogen) atoms. The Labute approximate surface area is 129 Å². The lowest BCUT2D eigenvalue weighted by atomic mass is 9.94. The van der Waals surface area contributed by atoms with Crippen LogP contribution < -0.4 is 10.0 Å². The second-order valence-corrected chi connectivity index (χ2v) is 6.86. The summed E-state index contributed by atoms with van der Waals surface area (Å²) in [7, 11) is -3.76. The molecule has 2 aromatic heterocycles. The molecular formula is C14H17N5O2S. The molecule has 1 atom stereocenters. The zero-order valence-corrected chi connectivity index (χ0v) is 12.8. The van der Waals surface area contributed by atoms with Crippen LogP contribution in [0.2, 0.25) is 0 Å². The van der Waals surface area contributed by atoms with Crippen LogP contribution in [0.3, 0.4) is 0 Å². The van der Waals surface area contributed by atoms with Crippen molar-refractivity contribution in [3.63, 3.8) is 0 Å². The summed E-state index contributed by atoms with van der Waals surface area (Å²) in [4.78, 5) is 14.7. The predicted octanol–water partition coefficient (Wildman–Crippen LogP) is 0.903. The second kappa shape index (κ2) is 5.98. The molecule has 1 unspecified atom stereocenters. The van der Waals surface area contributed by atoms with Gasteiger partial charge in [0.1, 0.15) is 4.90 Å². The summed E-state index contributed by atoms with van der Waals surface area (Å²) in [6.07, 6.45) is 6.39. The van der Waals surface area contributed by atoms with Gasteiger partial charge in [0.15, 0.2) is 0 Å². The van der Waals surface area contributed by atoms with E-state index in [0.29, 0.717) is 11.9 Å². The van der Waals surface area contributed by atoms with Gasteiger partial charge in [0, 0.05) is 30.9 Å². The first-order valence-electron chi connectivity index (χ1n) is 7.05. The van der Waals surface area contributed by atoms with E-state index in [4.69, 9.17) is 5.14 Å². The van der Waals surface area contributed by atoms with Gasteiger partial charge in [-0.1, -0.05) is 6.07 Å². The van der Waals surface area contributed by atoms with Gasteiger partial charge in [-0.05, 0) is 25.0 Å². The van der Waals surface area contributed by atoms with E-state index in [2.05, 4.69) is 19.9 Å². The van der Waals surface area contributed by atoms with Crippen LogP contribution in [-0.4, -0.2) is 36.5 Å². The number of hydrogen-bond donors (Lipinski definition) is 1. The minimum absolute atomic E-state index is 0.0745. The van der Waals surface area contributed by atoms with Crippen LogP contribution in [0, 0.1) is 0 Å². The first-order valence-corrected chi connectivity index (χ1v) is 8.59. The van der Waals surface area contributed by atoms with Gasteiger partial charge < -0.3 is 4.90 Å². The molecule has 8 heteroatoms. The molecule has 1 fully saturated rings. The van der Waals surface area contributed by atoms with E-state index in [9.17, 15) is 8.42 Å². The Morgan fingerprint density at radius 1 is 1.18 bits per heavy atom. The van der Waals surface area contributed by atoms with E-state index < -0.39 is 10.0 Å². The summed E-state index contributed by atoms with van der Waals surface area (Å²) in [5.41, 5.74) is 1.06. The molecule has 0 spiro atoms. The number of nitrogens with zero attached hydrogens (tertiary/aromatic N) is 4. The van der Waals surface area contributed by atoms with Crippen molar-refractivity contribution in [2.75, 3.05) is 18.0 Å². The summed E-state index contributed by atoms with van der Waals surface area (Å²) in [6.45, 7) is 1.61. The van der Waals surface area contributed by atoms with Crippen LogP contribution in [0.25, 0.3) is 0 Å². The molecule has 0 bridgehead atoms. The molecule has 2 aromatic rings. The Hall–Kier alpha value is -2.06. The van der Waals surface area contributed by atoms with E-state index in [1.165, 1.54) is 12.4 Å². The van der Waals surface area contributed by atoms with Gasteiger partial charge in [-0.25, -0.2) is 23.5 Å². The quantitative estimate of drug-likeness (QED) is 0.902. The summed E-state index contributed by atoms with van der Waals surface area (Å²) in [5.74, 6) is 0.851. The lowest BCUT2D eigenvalue weighted by Crippen LogP contribution is -2.35. The third-order valence-electron chi connectivity index (χ3n) is 3.75. The minimum atomic E-state index is -3.76. The molecule has 0 amide bonds. The van der Waals surface area contributed by atoms with E-state index in [1.54, 1.807) is 6.20 Å². The molecule has 1 aliphatic rings. The van der Waals surface area contributed by atoms with Gasteiger partial charge in [0.25, 0.3) is 0 Å². The smallest absolute Gasteiger partial charge is 0.241 e. The van der Waals surface area contributed by atoms with Crippen LogP contribution in [0.5, 0.6) is 0 Å². The summed E-state index contributed by atoms with van der Waals surface area (Å²) >= 11 is 0. The Morgan fingerprint density at radius 3 is 2.59 bits per heavy atom. The van der Waals surface area contributed by atoms with Gasteiger partial charge in [-0.15, -0.1) is 0 Å². The van der Waals surface area contributed by atoms with Crippen LogP contribution in [0.15, 0.2) is 41.7 Å². The van der Waals surface area contributed by atoms with Crippen LogP contribution in [0.1, 0.15) is 24.5 Å². The molecule has 3 heterocycles. The Kier molecular flexibility index (Phi) is 4.04. The zero-order valence-electron chi connectivity index (χ0n) is 12.0. The van der Waals surface area contributed by atoms with Crippen molar-refractivity contribution in [1.82, 2.24) is 15.0 Å². The van der Waals surface area contributed by atoms with Crippen molar-refractivity contribution in [2.24, 2.45) is 5.14 Å². The van der Waals surface area contributed by atoms with Gasteiger partial charge in [0.05, 0.1) is 12.4 Å². The fourth-order valence-corrected chi connectivity index (χ4v) is 3.04. The second-order valence-electron chi connectivity index (χ2n) is 5.30. The maximum atomic E-state index is 11.2. The molecular weight excluding hydrogens is 302 g/mol. The third kappa shape index (κ3) is 3.23. The van der Waals surface area contributed by atoms with Crippen molar-refractivity contribution in [1.29, 1.82) is 0 Å². The van der Waals surface area contributed by atoms with E-state index >= 15 is 0 Å². The van der Waals surface area contributed by atoms with Gasteiger partial charge in [-0.3, -0.25) is 4.98 Å². The predicted molar refractivity (Wildman–Crippen MR) is 81.8 cm³/mol. The number of hydrogen-bond acceptors (Lipinski definition) is 6. The molecule has 116 valence electrons. The van der Waals surface area contributed by atoms with Crippen LogP contribution >= 0.6 is 0 Å². The molecule has 0 aromatic carbocycles. The van der Waals surface area contributed by atoms with Crippen molar-refractivity contribution in [2.45, 2.75) is 23.7 Å². The Bertz CT molecular complexity index is 734. The van der Waals surface area contributed by atoms with Crippen molar-refractivity contribution in [3.8, 4) is 0 Å². The highest BCUT2D eigenvalue weighted by Crippen LogP contribution is 2.27. The average molecular weight is 319 g/mol. The normalized spacial score (nSPS) is 19.1. The lowest BCUT2D eigenvalue weighted by molar-refractivity contribution is 0.495. The van der Waals surface area contributed by atoms with Crippen molar-refractivity contribution < 1.29 is 8.42 Å². The highest BCUT2D eigenvalue weighted by molar-refractivity contribution is 7.89. The molecule has 2 N–H and O–H groups in total. The van der Waals surface area contributed by atoms with E-state index in [-0.39, 0.29) is 4.90 Å². The number of pyridine rings is 1. The summed E-state index contributed by atoms with van der Waals surface area (Å²) in [6, 6.07) is 5.91. The highest BCUT2D eigenvalue weighted by Gasteiger charge is 2.24. The number of sulfonamides is 1. The third-order valence-corrected chi connectivity index (χ3v) is 4.62. The fourth-order valence-electron chi connectivity index (χ4n) is 2.64. The first kappa shape index (κ1) is 14.9. The van der Waals surface area contributed by atoms with Crippen molar-refractivity contribution >= 4 is 16.0 Å². The molecule has 0 radical (unpaired) electrons. The Morgan fingerprint density at radius 2 is 1.95 bits per heavy atom. The monoisotopic (exact) mass is 319 g/mol. The van der Waals surface area contributed by atoms with Gasteiger partial charge >= 0.3 is 0 Å². The van der Waals surface area contributed by atoms with Crippen LogP contribution in [0.4, 0.5) is 5.95 Å². The number of primary sulfonamides is 1. The summed E-state index contributed by atoms with van der Waals surface area (Å²) < 4.78 is 22.5. The maximum absolute atomic E-state index is 11.2. The van der Waals surface area contributed by atoms with Crippen molar-refractivity contribution in [3.05, 3.63) is 42.5 Å². The molecule has 1 saturated heterocycles. The minimum Gasteiger partial charge on any atom is -0.340 e. The number of nitrogens with two attached hydrogens (primary N) is 1. The van der Waals surface area contributed by atoms with Crippen LogP contribution in [-0.2, 0) is 10.0 Å². The topological polar surface area (TPSA) is 102 Å². The molecule has 1 aliphatic heterocycles. The molecule has 3 rings (SSSR count). The number of aromatic nitrogens is 3. The van der Waals surface area contributed by atoms with Gasteiger partial charge in [0.2, 0.25) is 16.0 Å². The fraction of sp³-hybridized carbons (Fsp3) is 0.357. The zero-order chi connectivity index (χ0) is 15.6. The Balaban J connectivity index is 1.77. The van der Waals surface area contributed by atoms with Gasteiger partial charge in [-0.2, -0.15) is 0 Å². The standard InChI is InChI=1S/C14H17N5O2S/c15-22(20,21)12-8-17-14(18-9-12)19-7-3-4-11(10-19)13-5-1-2-6-16-13/h1-2,5-6,8-9,11H,3-4,7,10H2,(H2,15,20,21). The number of rotatable bonds is 3. The van der Waals surface area contributed by atoms with E-state index in [0.717, 1.165) is 31.6 Å². The number of anilines is 1. The number of piperidine rings is 1. The molecule has 0 aliphatic carbocycles.